The maximum absolute atomic E-state index is 6.05. The highest BCUT2D eigenvalue weighted by Gasteiger charge is 2.31. The molecule has 2 N–H and O–H groups in total. The largest absolute Gasteiger partial charge is 0.480 e. The summed E-state index contributed by atoms with van der Waals surface area (Å²) >= 11 is 0. The van der Waals surface area contributed by atoms with Crippen molar-refractivity contribution in [3.05, 3.63) is 30.0 Å². The Hall–Kier alpha value is -2.00. The molecule has 22 heavy (non-hydrogen) atoms. The smallest absolute Gasteiger partial charge is 0.149 e. The molecule has 2 aromatic rings. The van der Waals surface area contributed by atoms with Gasteiger partial charge in [-0.3, -0.25) is 5.32 Å². The van der Waals surface area contributed by atoms with Gasteiger partial charge >= 0.3 is 0 Å². The zero-order chi connectivity index (χ0) is 15.4. The number of hydrogen-bond acceptors (Lipinski definition) is 5. The third kappa shape index (κ3) is 2.95. The second-order valence-corrected chi connectivity index (χ2v) is 5.42. The van der Waals surface area contributed by atoms with Crippen LogP contribution in [0.1, 0.15) is 26.0 Å². The lowest BCUT2D eigenvalue weighted by Crippen LogP contribution is -2.41. The van der Waals surface area contributed by atoms with Crippen molar-refractivity contribution >= 4 is 11.0 Å². The van der Waals surface area contributed by atoms with Crippen LogP contribution in [0, 0.1) is 11.8 Å². The molecule has 116 valence electrons. The Labute approximate surface area is 129 Å². The van der Waals surface area contributed by atoms with Crippen LogP contribution in [0.4, 0.5) is 0 Å². The van der Waals surface area contributed by atoms with E-state index in [0.717, 1.165) is 28.9 Å². The first-order valence-electron chi connectivity index (χ1n) is 7.38. The van der Waals surface area contributed by atoms with E-state index >= 15 is 0 Å². The van der Waals surface area contributed by atoms with Crippen molar-refractivity contribution in [2.24, 2.45) is 0 Å². The van der Waals surface area contributed by atoms with Gasteiger partial charge in [0.1, 0.15) is 23.7 Å². The molecule has 5 nitrogen and oxygen atoms in total. The van der Waals surface area contributed by atoms with E-state index in [4.69, 9.17) is 14.0 Å². The summed E-state index contributed by atoms with van der Waals surface area (Å²) < 4.78 is 11.8. The second-order valence-electron chi connectivity index (χ2n) is 5.42. The first-order chi connectivity index (χ1) is 10.7. The Morgan fingerprint density at radius 1 is 1.41 bits per heavy atom. The third-order valence-corrected chi connectivity index (χ3v) is 3.90. The SMILES string of the molecule is CC#CCOc1cccc2oc([C@]3(C)CCONCN3)cc12. The summed E-state index contributed by atoms with van der Waals surface area (Å²) in [6.07, 6.45) is 0.817. The van der Waals surface area contributed by atoms with Crippen molar-refractivity contribution in [2.45, 2.75) is 25.8 Å². The van der Waals surface area contributed by atoms with Crippen LogP contribution in [0.15, 0.2) is 28.7 Å². The van der Waals surface area contributed by atoms with E-state index in [9.17, 15) is 0 Å². The first-order valence-corrected chi connectivity index (χ1v) is 7.38. The van der Waals surface area contributed by atoms with Gasteiger partial charge in [-0.25, -0.2) is 0 Å². The van der Waals surface area contributed by atoms with Gasteiger partial charge in [0, 0.05) is 0 Å². The Bertz CT molecular complexity index is 703. The lowest BCUT2D eigenvalue weighted by Gasteiger charge is -2.25. The quantitative estimate of drug-likeness (QED) is 0.853. The number of hydroxylamine groups is 1. The van der Waals surface area contributed by atoms with E-state index in [-0.39, 0.29) is 5.54 Å². The first kappa shape index (κ1) is 14.9. The topological polar surface area (TPSA) is 55.7 Å². The Balaban J connectivity index is 1.94. The van der Waals surface area contributed by atoms with Gasteiger partial charge in [-0.1, -0.05) is 12.0 Å². The molecule has 1 aromatic heterocycles. The Kier molecular flexibility index (Phi) is 4.34. The lowest BCUT2D eigenvalue weighted by molar-refractivity contribution is 0.0495. The zero-order valence-electron chi connectivity index (χ0n) is 12.9. The van der Waals surface area contributed by atoms with Crippen LogP contribution in [-0.2, 0) is 10.4 Å². The van der Waals surface area contributed by atoms with Crippen molar-refractivity contribution in [1.29, 1.82) is 0 Å². The molecule has 2 heterocycles. The van der Waals surface area contributed by atoms with Gasteiger partial charge in [0.05, 0.1) is 24.2 Å². The highest BCUT2D eigenvalue weighted by Crippen LogP contribution is 2.35. The van der Waals surface area contributed by atoms with Crippen molar-refractivity contribution < 1.29 is 14.0 Å². The molecule has 0 saturated carbocycles. The third-order valence-electron chi connectivity index (χ3n) is 3.90. The molecule has 3 rings (SSSR count). The van der Waals surface area contributed by atoms with Crippen LogP contribution in [0.3, 0.4) is 0 Å². The van der Waals surface area contributed by atoms with Crippen molar-refractivity contribution in [3.8, 4) is 17.6 Å². The molecule has 1 aliphatic rings. The molecule has 0 aliphatic carbocycles. The summed E-state index contributed by atoms with van der Waals surface area (Å²) in [4.78, 5) is 5.28. The van der Waals surface area contributed by atoms with Gasteiger partial charge in [0.15, 0.2) is 0 Å². The highest BCUT2D eigenvalue weighted by molar-refractivity contribution is 5.85. The minimum absolute atomic E-state index is 0.275. The van der Waals surface area contributed by atoms with E-state index in [1.54, 1.807) is 6.92 Å². The molecular weight excluding hydrogens is 280 g/mol. The normalized spacial score (nSPS) is 21.9. The number of hydrogen-bond donors (Lipinski definition) is 2. The molecule has 1 aliphatic heterocycles. The highest BCUT2D eigenvalue weighted by atomic mass is 16.6. The molecule has 5 heteroatoms. The van der Waals surface area contributed by atoms with Gasteiger partial charge in [-0.15, -0.1) is 5.92 Å². The molecule has 1 fully saturated rings. The summed E-state index contributed by atoms with van der Waals surface area (Å²) in [7, 11) is 0. The minimum Gasteiger partial charge on any atom is -0.480 e. The van der Waals surface area contributed by atoms with Crippen LogP contribution in [0.2, 0.25) is 0 Å². The number of rotatable bonds is 3. The predicted molar refractivity (Wildman–Crippen MR) is 84.2 cm³/mol. The summed E-state index contributed by atoms with van der Waals surface area (Å²) in [5.41, 5.74) is 3.40. The maximum atomic E-state index is 6.05. The van der Waals surface area contributed by atoms with Gasteiger partial charge in [-0.05, 0) is 38.5 Å². The number of benzene rings is 1. The summed E-state index contributed by atoms with van der Waals surface area (Å²) in [6, 6.07) is 7.86. The monoisotopic (exact) mass is 300 g/mol. The lowest BCUT2D eigenvalue weighted by atomic mass is 9.95. The van der Waals surface area contributed by atoms with E-state index in [1.807, 2.05) is 24.3 Å². The molecule has 1 saturated heterocycles. The van der Waals surface area contributed by atoms with E-state index in [1.165, 1.54) is 0 Å². The van der Waals surface area contributed by atoms with Gasteiger partial charge in [-0.2, -0.15) is 5.48 Å². The molecular formula is C17H20N2O3. The molecule has 0 amide bonds. The molecule has 1 atom stereocenters. The average Bonchev–Trinajstić information content (AvgIpc) is 2.85. The van der Waals surface area contributed by atoms with Crippen molar-refractivity contribution in [2.75, 3.05) is 19.9 Å². The van der Waals surface area contributed by atoms with Crippen LogP contribution < -0.4 is 15.5 Å². The summed E-state index contributed by atoms with van der Waals surface area (Å²) in [5, 5.41) is 4.38. The van der Waals surface area contributed by atoms with Crippen molar-refractivity contribution in [3.63, 3.8) is 0 Å². The Morgan fingerprint density at radius 3 is 3.18 bits per heavy atom. The molecule has 0 spiro atoms. The molecule has 1 aromatic carbocycles. The fourth-order valence-corrected chi connectivity index (χ4v) is 2.53. The Morgan fingerprint density at radius 2 is 2.32 bits per heavy atom. The maximum Gasteiger partial charge on any atom is 0.149 e. The predicted octanol–water partition coefficient (Wildman–Crippen LogP) is 2.52. The van der Waals surface area contributed by atoms with Crippen LogP contribution in [0.25, 0.3) is 11.0 Å². The van der Waals surface area contributed by atoms with E-state index in [0.29, 0.717) is 19.9 Å². The molecule has 0 radical (unpaired) electrons. The van der Waals surface area contributed by atoms with Gasteiger partial charge in [0.2, 0.25) is 0 Å². The van der Waals surface area contributed by atoms with Crippen LogP contribution in [0.5, 0.6) is 5.75 Å². The summed E-state index contributed by atoms with van der Waals surface area (Å²) in [5.74, 6) is 7.41. The fourth-order valence-electron chi connectivity index (χ4n) is 2.53. The minimum atomic E-state index is -0.275. The molecule has 0 unspecified atom stereocenters. The van der Waals surface area contributed by atoms with Gasteiger partial charge in [0.25, 0.3) is 0 Å². The second kappa shape index (κ2) is 6.41. The van der Waals surface area contributed by atoms with E-state index in [2.05, 4.69) is 29.6 Å². The summed E-state index contributed by atoms with van der Waals surface area (Å²) in [6.45, 7) is 5.49. The molecule has 0 bridgehead atoms. The number of furan rings is 1. The van der Waals surface area contributed by atoms with Crippen molar-refractivity contribution in [1.82, 2.24) is 10.8 Å². The van der Waals surface area contributed by atoms with Crippen LogP contribution in [-0.4, -0.2) is 19.9 Å². The standard InChI is InChI=1S/C17H20N2O3/c1-3-4-9-20-14-6-5-7-15-13(14)11-16(22-15)17(2)8-10-21-19-12-18-17/h5-7,11,18-19H,8-10,12H2,1-2H3/t17-/m0/s1. The van der Waals surface area contributed by atoms with Crippen LogP contribution >= 0.6 is 0 Å². The average molecular weight is 300 g/mol. The van der Waals surface area contributed by atoms with Gasteiger partial charge < -0.3 is 14.0 Å². The number of ether oxygens (including phenoxy) is 1. The fraction of sp³-hybridized carbons (Fsp3) is 0.412. The zero-order valence-corrected chi connectivity index (χ0v) is 12.9. The number of fused-ring (bicyclic) bond motifs is 1. The number of nitrogens with one attached hydrogen (secondary N) is 2. The van der Waals surface area contributed by atoms with E-state index < -0.39 is 0 Å².